The van der Waals surface area contributed by atoms with Crippen LogP contribution in [0.4, 0.5) is 0 Å². The molecule has 0 fully saturated rings. The van der Waals surface area contributed by atoms with Crippen molar-refractivity contribution in [2.75, 3.05) is 6.54 Å². The molecule has 1 aliphatic rings. The molecule has 0 radical (unpaired) electrons. The summed E-state index contributed by atoms with van der Waals surface area (Å²) in [6.07, 6.45) is 0.757. The Morgan fingerprint density at radius 3 is 2.53 bits per heavy atom. The summed E-state index contributed by atoms with van der Waals surface area (Å²) in [5.74, 6) is 0. The lowest BCUT2D eigenvalue weighted by Crippen LogP contribution is -2.48. The average Bonchev–Trinajstić information content (AvgIpc) is 2.17. The largest absolute Gasteiger partial charge is 0.243 e. The van der Waals surface area contributed by atoms with Gasteiger partial charge in [-0.1, -0.05) is 22.0 Å². The summed E-state index contributed by atoms with van der Waals surface area (Å²) >= 11 is 3.42. The fourth-order valence-corrected chi connectivity index (χ4v) is 4.93. The van der Waals surface area contributed by atoms with Crippen LogP contribution >= 0.6 is 15.9 Å². The van der Waals surface area contributed by atoms with Crippen LogP contribution in [-0.4, -0.2) is 24.8 Å². The van der Waals surface area contributed by atoms with E-state index in [1.807, 2.05) is 26.8 Å². The van der Waals surface area contributed by atoms with Gasteiger partial charge >= 0.3 is 0 Å². The lowest BCUT2D eigenvalue weighted by atomic mass is 10.1. The van der Waals surface area contributed by atoms with Gasteiger partial charge in [0, 0.05) is 16.6 Å². The summed E-state index contributed by atoms with van der Waals surface area (Å²) in [4.78, 5) is 0.438. The van der Waals surface area contributed by atoms with Crippen molar-refractivity contribution in [3.8, 4) is 0 Å². The molecule has 0 saturated carbocycles. The molecule has 0 saturated heterocycles. The van der Waals surface area contributed by atoms with E-state index in [9.17, 15) is 8.42 Å². The molecule has 0 atom stereocenters. The van der Waals surface area contributed by atoms with Crippen LogP contribution in [0.2, 0.25) is 0 Å². The van der Waals surface area contributed by atoms with Crippen LogP contribution in [0.15, 0.2) is 27.6 Å². The molecule has 5 heteroatoms. The van der Waals surface area contributed by atoms with Crippen molar-refractivity contribution in [2.24, 2.45) is 0 Å². The van der Waals surface area contributed by atoms with Crippen molar-refractivity contribution >= 4 is 26.0 Å². The first-order valence-electron chi connectivity index (χ1n) is 5.55. The number of rotatable bonds is 0. The second kappa shape index (κ2) is 4.07. The van der Waals surface area contributed by atoms with Gasteiger partial charge in [-0.3, -0.25) is 0 Å². The number of hydrogen-bond donors (Lipinski definition) is 0. The van der Waals surface area contributed by atoms with Gasteiger partial charge in [-0.25, -0.2) is 8.42 Å². The molecule has 94 valence electrons. The van der Waals surface area contributed by atoms with Crippen LogP contribution in [0.5, 0.6) is 0 Å². The van der Waals surface area contributed by atoms with E-state index in [4.69, 9.17) is 0 Å². The first-order chi connectivity index (χ1) is 7.74. The molecule has 1 aromatic rings. The summed E-state index contributed by atoms with van der Waals surface area (Å²) < 4.78 is 27.5. The normalized spacial score (nSPS) is 20.0. The highest BCUT2D eigenvalue weighted by Crippen LogP contribution is 2.34. The highest BCUT2D eigenvalue weighted by atomic mass is 79.9. The first kappa shape index (κ1) is 13.1. The standard InChI is InChI=1S/C12H16BrNO2S/c1-12(2,3)14-8-7-9-10(13)5-4-6-11(9)17(14,15)16/h4-6H,7-8H2,1-3H3. The number of nitrogens with zero attached hydrogens (tertiary/aromatic N) is 1. The number of sulfonamides is 1. The van der Waals surface area contributed by atoms with Crippen molar-refractivity contribution in [3.05, 3.63) is 28.2 Å². The topological polar surface area (TPSA) is 37.4 Å². The van der Waals surface area contributed by atoms with Crippen molar-refractivity contribution in [2.45, 2.75) is 37.6 Å². The van der Waals surface area contributed by atoms with Crippen molar-refractivity contribution in [1.29, 1.82) is 0 Å². The molecule has 0 spiro atoms. The molecular weight excluding hydrogens is 302 g/mol. The minimum Gasteiger partial charge on any atom is -0.207 e. The smallest absolute Gasteiger partial charge is 0.207 e. The van der Waals surface area contributed by atoms with Gasteiger partial charge in [0.25, 0.3) is 0 Å². The molecule has 0 bridgehead atoms. The number of fused-ring (bicyclic) bond motifs is 1. The van der Waals surface area contributed by atoms with E-state index < -0.39 is 10.0 Å². The first-order valence-corrected chi connectivity index (χ1v) is 7.78. The average molecular weight is 318 g/mol. The molecule has 0 aliphatic carbocycles. The Morgan fingerprint density at radius 1 is 1.29 bits per heavy atom. The Morgan fingerprint density at radius 2 is 1.94 bits per heavy atom. The van der Waals surface area contributed by atoms with E-state index in [1.165, 1.54) is 0 Å². The maximum Gasteiger partial charge on any atom is 0.243 e. The quantitative estimate of drug-likeness (QED) is 0.738. The molecule has 0 unspecified atom stereocenters. The van der Waals surface area contributed by atoms with E-state index >= 15 is 0 Å². The van der Waals surface area contributed by atoms with Gasteiger partial charge in [0.1, 0.15) is 0 Å². The van der Waals surface area contributed by atoms with E-state index in [0.717, 1.165) is 16.5 Å². The Bertz CT molecular complexity index is 546. The maximum atomic E-state index is 12.5. The van der Waals surface area contributed by atoms with Crippen LogP contribution in [0.1, 0.15) is 26.3 Å². The van der Waals surface area contributed by atoms with Gasteiger partial charge in [0.2, 0.25) is 10.0 Å². The zero-order valence-corrected chi connectivity index (χ0v) is 12.6. The third-order valence-corrected chi connectivity index (χ3v) is 5.95. The number of halogens is 1. The van der Waals surface area contributed by atoms with Crippen LogP contribution < -0.4 is 0 Å². The molecule has 0 amide bonds. The summed E-state index contributed by atoms with van der Waals surface area (Å²) in [5.41, 5.74) is 0.520. The lowest BCUT2D eigenvalue weighted by molar-refractivity contribution is 0.245. The summed E-state index contributed by atoms with van der Waals surface area (Å²) in [7, 11) is -3.36. The van der Waals surface area contributed by atoms with E-state index in [-0.39, 0.29) is 5.54 Å². The number of hydrogen-bond acceptors (Lipinski definition) is 2. The van der Waals surface area contributed by atoms with Crippen molar-refractivity contribution in [3.63, 3.8) is 0 Å². The summed E-state index contributed by atoms with van der Waals surface area (Å²) in [5, 5.41) is 0. The lowest BCUT2D eigenvalue weighted by Gasteiger charge is -2.38. The summed E-state index contributed by atoms with van der Waals surface area (Å²) in [6.45, 7) is 6.32. The molecule has 1 aliphatic heterocycles. The van der Waals surface area contributed by atoms with Crippen LogP contribution in [0.25, 0.3) is 0 Å². The monoisotopic (exact) mass is 317 g/mol. The van der Waals surface area contributed by atoms with Crippen LogP contribution in [-0.2, 0) is 16.4 Å². The molecule has 2 rings (SSSR count). The third kappa shape index (κ3) is 2.16. The predicted molar refractivity (Wildman–Crippen MR) is 71.5 cm³/mol. The van der Waals surface area contributed by atoms with E-state index in [1.54, 1.807) is 16.4 Å². The fraction of sp³-hybridized carbons (Fsp3) is 0.500. The summed E-state index contributed by atoms with van der Waals surface area (Å²) in [6, 6.07) is 5.35. The maximum absolute atomic E-state index is 12.5. The van der Waals surface area contributed by atoms with Gasteiger partial charge in [0.05, 0.1) is 4.90 Å². The van der Waals surface area contributed by atoms with E-state index in [0.29, 0.717) is 11.4 Å². The Balaban J connectivity index is 2.62. The molecule has 0 N–H and O–H groups in total. The minimum atomic E-state index is -3.36. The Hall–Kier alpha value is -0.390. The van der Waals surface area contributed by atoms with Crippen molar-refractivity contribution < 1.29 is 8.42 Å². The predicted octanol–water partition coefficient (Wildman–Crippen LogP) is 2.79. The van der Waals surface area contributed by atoms with Gasteiger partial charge in [0.15, 0.2) is 0 Å². The highest BCUT2D eigenvalue weighted by molar-refractivity contribution is 9.10. The third-order valence-electron chi connectivity index (χ3n) is 2.96. The van der Waals surface area contributed by atoms with Crippen molar-refractivity contribution in [1.82, 2.24) is 4.31 Å². The fourth-order valence-electron chi connectivity index (χ4n) is 2.17. The molecular formula is C12H16BrNO2S. The van der Waals surface area contributed by atoms with Gasteiger partial charge < -0.3 is 0 Å². The Labute approximate surface area is 111 Å². The highest BCUT2D eigenvalue weighted by Gasteiger charge is 2.38. The molecule has 3 nitrogen and oxygen atoms in total. The van der Waals surface area contributed by atoms with E-state index in [2.05, 4.69) is 15.9 Å². The molecule has 1 heterocycles. The SMILES string of the molecule is CC(C)(C)N1CCc2c(Br)cccc2S1(=O)=O. The van der Waals surface area contributed by atoms with Gasteiger partial charge in [-0.15, -0.1) is 0 Å². The van der Waals surface area contributed by atoms with Crippen LogP contribution in [0.3, 0.4) is 0 Å². The molecule has 0 aromatic heterocycles. The van der Waals surface area contributed by atoms with Gasteiger partial charge in [-0.2, -0.15) is 4.31 Å². The zero-order chi connectivity index (χ0) is 12.8. The number of benzene rings is 1. The Kier molecular flexibility index (Phi) is 3.13. The second-order valence-corrected chi connectivity index (χ2v) is 7.90. The second-order valence-electron chi connectivity index (χ2n) is 5.21. The zero-order valence-electron chi connectivity index (χ0n) is 10.2. The molecule has 1 aromatic carbocycles. The van der Waals surface area contributed by atoms with Gasteiger partial charge in [-0.05, 0) is 44.9 Å². The van der Waals surface area contributed by atoms with Crippen LogP contribution in [0, 0.1) is 0 Å². The molecule has 17 heavy (non-hydrogen) atoms. The minimum absolute atomic E-state index is 0.376.